The molecule has 0 atom stereocenters. The normalized spacial score (nSPS) is 10.2. The number of nitrogens with one attached hydrogen (secondary N) is 1. The SMILES string of the molecule is COc1cc(Nc2ccc(C)c(Cl)c2)nc(N)n1. The number of nitrogens with two attached hydrogens (primary N) is 1. The summed E-state index contributed by atoms with van der Waals surface area (Å²) in [6.07, 6.45) is 0. The molecule has 1 heterocycles. The molecule has 0 saturated carbocycles. The Balaban J connectivity index is 2.27. The van der Waals surface area contributed by atoms with Crippen LogP contribution in [0.3, 0.4) is 0 Å². The molecule has 0 bridgehead atoms. The molecule has 0 radical (unpaired) electrons. The van der Waals surface area contributed by atoms with E-state index in [-0.39, 0.29) is 5.95 Å². The van der Waals surface area contributed by atoms with Gasteiger partial charge in [-0.05, 0) is 24.6 Å². The molecule has 0 unspecified atom stereocenters. The molecule has 1 aromatic carbocycles. The Kier molecular flexibility index (Phi) is 3.53. The summed E-state index contributed by atoms with van der Waals surface area (Å²) in [5.74, 6) is 1.11. The molecular weight excluding hydrogens is 252 g/mol. The average Bonchev–Trinajstić information content (AvgIpc) is 2.33. The van der Waals surface area contributed by atoms with Crippen molar-refractivity contribution in [1.82, 2.24) is 9.97 Å². The van der Waals surface area contributed by atoms with Gasteiger partial charge in [0.1, 0.15) is 5.82 Å². The predicted octanol–water partition coefficient (Wildman–Crippen LogP) is 2.77. The van der Waals surface area contributed by atoms with Gasteiger partial charge in [-0.2, -0.15) is 9.97 Å². The minimum absolute atomic E-state index is 0.148. The highest BCUT2D eigenvalue weighted by Gasteiger charge is 2.04. The van der Waals surface area contributed by atoms with E-state index in [4.69, 9.17) is 22.1 Å². The van der Waals surface area contributed by atoms with Crippen molar-refractivity contribution in [2.24, 2.45) is 0 Å². The molecule has 18 heavy (non-hydrogen) atoms. The monoisotopic (exact) mass is 264 g/mol. The van der Waals surface area contributed by atoms with Gasteiger partial charge in [0.2, 0.25) is 11.8 Å². The van der Waals surface area contributed by atoms with E-state index in [0.29, 0.717) is 16.7 Å². The van der Waals surface area contributed by atoms with Gasteiger partial charge in [0.15, 0.2) is 0 Å². The van der Waals surface area contributed by atoms with Gasteiger partial charge >= 0.3 is 0 Å². The molecule has 0 fully saturated rings. The number of aryl methyl sites for hydroxylation is 1. The van der Waals surface area contributed by atoms with E-state index in [1.54, 1.807) is 6.07 Å². The molecule has 0 amide bonds. The zero-order chi connectivity index (χ0) is 13.1. The fourth-order valence-electron chi connectivity index (χ4n) is 1.43. The Bertz CT molecular complexity index is 574. The largest absolute Gasteiger partial charge is 0.481 e. The van der Waals surface area contributed by atoms with Gasteiger partial charge in [-0.3, -0.25) is 0 Å². The van der Waals surface area contributed by atoms with Gasteiger partial charge < -0.3 is 15.8 Å². The summed E-state index contributed by atoms with van der Waals surface area (Å²) in [5, 5.41) is 3.78. The van der Waals surface area contributed by atoms with Crippen LogP contribution in [0.25, 0.3) is 0 Å². The number of rotatable bonds is 3. The molecule has 0 aliphatic heterocycles. The highest BCUT2D eigenvalue weighted by molar-refractivity contribution is 6.31. The zero-order valence-electron chi connectivity index (χ0n) is 10.1. The molecule has 94 valence electrons. The molecule has 6 heteroatoms. The maximum atomic E-state index is 6.05. The van der Waals surface area contributed by atoms with Gasteiger partial charge in [-0.15, -0.1) is 0 Å². The van der Waals surface area contributed by atoms with Crippen molar-refractivity contribution in [1.29, 1.82) is 0 Å². The second-order valence-corrected chi connectivity index (χ2v) is 4.15. The Morgan fingerprint density at radius 1 is 1.28 bits per heavy atom. The summed E-state index contributed by atoms with van der Waals surface area (Å²) in [6, 6.07) is 7.31. The van der Waals surface area contributed by atoms with E-state index in [9.17, 15) is 0 Å². The second-order valence-electron chi connectivity index (χ2n) is 3.74. The maximum Gasteiger partial charge on any atom is 0.225 e. The number of methoxy groups -OCH3 is 1. The van der Waals surface area contributed by atoms with Gasteiger partial charge in [0, 0.05) is 16.8 Å². The number of nitrogens with zero attached hydrogens (tertiary/aromatic N) is 2. The average molecular weight is 265 g/mol. The Hall–Kier alpha value is -2.01. The molecule has 2 aromatic rings. The minimum Gasteiger partial charge on any atom is -0.481 e. The van der Waals surface area contributed by atoms with Gasteiger partial charge in [-0.1, -0.05) is 17.7 Å². The first kappa shape index (κ1) is 12.4. The lowest BCUT2D eigenvalue weighted by Crippen LogP contribution is -2.01. The Morgan fingerprint density at radius 2 is 2.06 bits per heavy atom. The molecule has 0 spiro atoms. The predicted molar refractivity (Wildman–Crippen MR) is 72.5 cm³/mol. The van der Waals surface area contributed by atoms with E-state index >= 15 is 0 Å². The van der Waals surface area contributed by atoms with Crippen LogP contribution < -0.4 is 15.8 Å². The molecular formula is C12H13ClN4O. The van der Waals surface area contributed by atoms with Crippen molar-refractivity contribution in [2.75, 3.05) is 18.2 Å². The number of halogens is 1. The number of nitrogen functional groups attached to an aromatic ring is 1. The summed E-state index contributed by atoms with van der Waals surface area (Å²) in [7, 11) is 1.52. The van der Waals surface area contributed by atoms with Crippen LogP contribution in [0.1, 0.15) is 5.56 Å². The molecule has 5 nitrogen and oxygen atoms in total. The molecule has 3 N–H and O–H groups in total. The lowest BCUT2D eigenvalue weighted by molar-refractivity contribution is 0.398. The standard InChI is InChI=1S/C12H13ClN4O/c1-7-3-4-8(5-9(7)13)15-10-6-11(18-2)17-12(14)16-10/h3-6H,1-2H3,(H3,14,15,16,17). The fraction of sp³-hybridized carbons (Fsp3) is 0.167. The van der Waals surface area contributed by atoms with Crippen molar-refractivity contribution in [3.8, 4) is 5.88 Å². The third-order valence-electron chi connectivity index (χ3n) is 2.37. The van der Waals surface area contributed by atoms with E-state index in [2.05, 4.69) is 15.3 Å². The minimum atomic E-state index is 0.148. The third-order valence-corrected chi connectivity index (χ3v) is 2.78. The highest BCUT2D eigenvalue weighted by Crippen LogP contribution is 2.23. The van der Waals surface area contributed by atoms with E-state index in [1.807, 2.05) is 25.1 Å². The van der Waals surface area contributed by atoms with Crippen LogP contribution in [0.4, 0.5) is 17.5 Å². The molecule has 2 rings (SSSR count). The number of ether oxygens (including phenoxy) is 1. The number of anilines is 3. The first-order valence-corrected chi connectivity index (χ1v) is 5.68. The number of hydrogen-bond donors (Lipinski definition) is 2. The quantitative estimate of drug-likeness (QED) is 0.892. The van der Waals surface area contributed by atoms with Gasteiger partial charge in [0.25, 0.3) is 0 Å². The van der Waals surface area contributed by atoms with E-state index in [0.717, 1.165) is 11.3 Å². The summed E-state index contributed by atoms with van der Waals surface area (Å²) < 4.78 is 5.02. The Morgan fingerprint density at radius 3 is 2.72 bits per heavy atom. The van der Waals surface area contributed by atoms with Crippen LogP contribution in [0.2, 0.25) is 5.02 Å². The topological polar surface area (TPSA) is 73.1 Å². The molecule has 1 aromatic heterocycles. The summed E-state index contributed by atoms with van der Waals surface area (Å²) in [5.41, 5.74) is 7.41. The smallest absolute Gasteiger partial charge is 0.225 e. The van der Waals surface area contributed by atoms with Gasteiger partial charge in [-0.25, -0.2) is 0 Å². The first-order chi connectivity index (χ1) is 8.58. The van der Waals surface area contributed by atoms with E-state index < -0.39 is 0 Å². The summed E-state index contributed by atoms with van der Waals surface area (Å²) in [6.45, 7) is 1.94. The third kappa shape index (κ3) is 2.81. The van der Waals surface area contributed by atoms with Crippen molar-refractivity contribution in [3.05, 3.63) is 34.9 Å². The lowest BCUT2D eigenvalue weighted by Gasteiger charge is -2.08. The van der Waals surface area contributed by atoms with Crippen LogP contribution in [-0.4, -0.2) is 17.1 Å². The van der Waals surface area contributed by atoms with Gasteiger partial charge in [0.05, 0.1) is 7.11 Å². The van der Waals surface area contributed by atoms with Crippen LogP contribution in [-0.2, 0) is 0 Å². The number of hydrogen-bond acceptors (Lipinski definition) is 5. The highest BCUT2D eigenvalue weighted by atomic mass is 35.5. The van der Waals surface area contributed by atoms with Crippen LogP contribution in [0, 0.1) is 6.92 Å². The molecule has 0 aliphatic rings. The van der Waals surface area contributed by atoms with E-state index in [1.165, 1.54) is 7.11 Å². The van der Waals surface area contributed by atoms with Crippen LogP contribution >= 0.6 is 11.6 Å². The molecule has 0 aliphatic carbocycles. The van der Waals surface area contributed by atoms with Crippen molar-refractivity contribution < 1.29 is 4.74 Å². The summed E-state index contributed by atoms with van der Waals surface area (Å²) >= 11 is 6.05. The number of benzene rings is 1. The zero-order valence-corrected chi connectivity index (χ0v) is 10.8. The van der Waals surface area contributed by atoms with Crippen molar-refractivity contribution in [3.63, 3.8) is 0 Å². The maximum absolute atomic E-state index is 6.05. The van der Waals surface area contributed by atoms with Crippen molar-refractivity contribution >= 4 is 29.1 Å². The first-order valence-electron chi connectivity index (χ1n) is 5.30. The van der Waals surface area contributed by atoms with Crippen LogP contribution in [0.15, 0.2) is 24.3 Å². The Labute approximate surface area is 110 Å². The number of aromatic nitrogens is 2. The summed E-state index contributed by atoms with van der Waals surface area (Å²) in [4.78, 5) is 7.97. The molecule has 0 saturated heterocycles. The van der Waals surface area contributed by atoms with Crippen molar-refractivity contribution in [2.45, 2.75) is 6.92 Å². The second kappa shape index (κ2) is 5.10. The lowest BCUT2D eigenvalue weighted by atomic mass is 10.2. The van der Waals surface area contributed by atoms with Crippen LogP contribution in [0.5, 0.6) is 5.88 Å². The fourth-order valence-corrected chi connectivity index (χ4v) is 1.61.